The highest BCUT2D eigenvalue weighted by Crippen LogP contribution is 2.28. The first-order valence-corrected chi connectivity index (χ1v) is 7.38. The first kappa shape index (κ1) is 15.0. The second kappa shape index (κ2) is 6.35. The van der Waals surface area contributed by atoms with E-state index >= 15 is 0 Å². The van der Waals surface area contributed by atoms with Crippen molar-refractivity contribution in [3.05, 3.63) is 35.6 Å². The number of nitrogens with zero attached hydrogens (tertiary/aromatic N) is 1. The zero-order valence-electron chi connectivity index (χ0n) is 12.4. The molecule has 20 heavy (non-hydrogen) atoms. The number of carbonyl (C=O) groups excluding carboxylic acids is 1. The third-order valence-electron chi connectivity index (χ3n) is 4.03. The van der Waals surface area contributed by atoms with Crippen LogP contribution >= 0.6 is 0 Å². The Morgan fingerprint density at radius 1 is 1.40 bits per heavy atom. The highest BCUT2D eigenvalue weighted by atomic mass is 19.1. The third kappa shape index (κ3) is 3.01. The van der Waals surface area contributed by atoms with E-state index < -0.39 is 0 Å². The second-order valence-corrected chi connectivity index (χ2v) is 5.59. The van der Waals surface area contributed by atoms with E-state index in [1.54, 1.807) is 6.07 Å². The molecule has 1 saturated heterocycles. The monoisotopic (exact) mass is 278 g/mol. The van der Waals surface area contributed by atoms with Gasteiger partial charge in [-0.05, 0) is 30.0 Å². The molecule has 3 atom stereocenters. The van der Waals surface area contributed by atoms with Crippen molar-refractivity contribution in [2.45, 2.75) is 45.8 Å². The number of hydrogen-bond donors (Lipinski definition) is 1. The number of hydrogen-bond acceptors (Lipinski definition) is 2. The molecule has 0 bridgehead atoms. The number of halogens is 1. The van der Waals surface area contributed by atoms with Crippen LogP contribution in [0.5, 0.6) is 0 Å². The maximum Gasteiger partial charge on any atom is 0.241 e. The summed E-state index contributed by atoms with van der Waals surface area (Å²) in [5.41, 5.74) is 0.817. The molecular weight excluding hydrogens is 255 g/mol. The lowest BCUT2D eigenvalue weighted by Gasteiger charge is -2.27. The van der Waals surface area contributed by atoms with Gasteiger partial charge in [0.25, 0.3) is 0 Å². The molecule has 4 heteroatoms. The number of carbonyl (C=O) groups is 1. The number of benzene rings is 1. The molecule has 0 saturated carbocycles. The summed E-state index contributed by atoms with van der Waals surface area (Å²) in [6, 6.07) is 6.34. The fourth-order valence-corrected chi connectivity index (χ4v) is 2.58. The molecule has 0 aromatic heterocycles. The van der Waals surface area contributed by atoms with Gasteiger partial charge in [-0.2, -0.15) is 0 Å². The van der Waals surface area contributed by atoms with Crippen LogP contribution in [0.1, 0.15) is 45.3 Å². The van der Waals surface area contributed by atoms with Crippen molar-refractivity contribution in [2.24, 2.45) is 5.92 Å². The summed E-state index contributed by atoms with van der Waals surface area (Å²) in [7, 11) is 0. The highest BCUT2D eigenvalue weighted by molar-refractivity contribution is 5.84. The molecule has 2 rings (SSSR count). The van der Waals surface area contributed by atoms with E-state index in [-0.39, 0.29) is 23.9 Å². The van der Waals surface area contributed by atoms with Crippen LogP contribution in [0.15, 0.2) is 24.3 Å². The van der Waals surface area contributed by atoms with Crippen molar-refractivity contribution in [1.82, 2.24) is 10.2 Å². The Balaban J connectivity index is 2.26. The zero-order valence-corrected chi connectivity index (χ0v) is 12.4. The van der Waals surface area contributed by atoms with Crippen molar-refractivity contribution in [3.63, 3.8) is 0 Å². The van der Waals surface area contributed by atoms with Crippen LogP contribution in [0.25, 0.3) is 0 Å². The van der Waals surface area contributed by atoms with Crippen LogP contribution in [-0.4, -0.2) is 23.4 Å². The van der Waals surface area contributed by atoms with Crippen LogP contribution in [0.4, 0.5) is 4.39 Å². The van der Waals surface area contributed by atoms with Crippen molar-refractivity contribution >= 4 is 5.91 Å². The van der Waals surface area contributed by atoms with Crippen LogP contribution in [0, 0.1) is 11.7 Å². The number of amides is 1. The predicted molar refractivity (Wildman–Crippen MR) is 77.5 cm³/mol. The van der Waals surface area contributed by atoms with E-state index in [2.05, 4.69) is 19.2 Å². The Kier molecular flexibility index (Phi) is 4.76. The summed E-state index contributed by atoms with van der Waals surface area (Å²) in [4.78, 5) is 14.3. The van der Waals surface area contributed by atoms with Crippen LogP contribution in [-0.2, 0) is 4.79 Å². The van der Waals surface area contributed by atoms with Crippen molar-refractivity contribution in [2.75, 3.05) is 6.54 Å². The summed E-state index contributed by atoms with van der Waals surface area (Å²) in [6.45, 7) is 6.95. The number of rotatable bonds is 5. The molecule has 1 aromatic carbocycles. The molecule has 1 heterocycles. The van der Waals surface area contributed by atoms with Gasteiger partial charge in [0, 0.05) is 6.54 Å². The molecular formula is C16H23FN2O. The second-order valence-electron chi connectivity index (χ2n) is 5.59. The first-order valence-electron chi connectivity index (χ1n) is 7.38. The molecule has 1 aliphatic heterocycles. The maximum absolute atomic E-state index is 13.4. The van der Waals surface area contributed by atoms with E-state index in [0.29, 0.717) is 12.5 Å². The lowest BCUT2D eigenvalue weighted by atomic mass is 10.1. The molecule has 3 unspecified atom stereocenters. The minimum absolute atomic E-state index is 0.127. The highest BCUT2D eigenvalue weighted by Gasteiger charge is 2.38. The summed E-state index contributed by atoms with van der Waals surface area (Å²) in [5.74, 6) is 0.301. The van der Waals surface area contributed by atoms with Gasteiger partial charge in [0.2, 0.25) is 5.91 Å². The average Bonchev–Trinajstić information content (AvgIpc) is 2.75. The van der Waals surface area contributed by atoms with Gasteiger partial charge in [-0.3, -0.25) is 10.1 Å². The Bertz CT molecular complexity index is 477. The molecule has 0 aliphatic carbocycles. The lowest BCUT2D eigenvalue weighted by Crippen LogP contribution is -2.34. The fraction of sp³-hybridized carbons (Fsp3) is 0.562. The molecule has 1 N–H and O–H groups in total. The van der Waals surface area contributed by atoms with E-state index in [9.17, 15) is 9.18 Å². The van der Waals surface area contributed by atoms with Crippen LogP contribution in [0.3, 0.4) is 0 Å². The standard InChI is InChI=1S/C16H23FN2O/c1-4-11(3)10-19-15(18-14(5-2)16(19)20)12-7-6-8-13(17)9-12/h6-9,11,14-15,18H,4-5,10H2,1-3H3. The third-order valence-corrected chi connectivity index (χ3v) is 4.03. The van der Waals surface area contributed by atoms with Gasteiger partial charge >= 0.3 is 0 Å². The van der Waals surface area contributed by atoms with Gasteiger partial charge in [0.1, 0.15) is 12.0 Å². The largest absolute Gasteiger partial charge is 0.321 e. The molecule has 1 fully saturated rings. The maximum atomic E-state index is 13.4. The molecule has 3 nitrogen and oxygen atoms in total. The molecule has 1 aliphatic rings. The Morgan fingerprint density at radius 3 is 2.75 bits per heavy atom. The summed E-state index contributed by atoms with van der Waals surface area (Å²) in [5, 5.41) is 3.32. The normalized spacial score (nSPS) is 24.2. The van der Waals surface area contributed by atoms with Crippen LogP contribution < -0.4 is 5.32 Å². The zero-order chi connectivity index (χ0) is 14.7. The van der Waals surface area contributed by atoms with Gasteiger partial charge < -0.3 is 4.90 Å². The van der Waals surface area contributed by atoms with Gasteiger partial charge in [0.05, 0.1) is 6.04 Å². The van der Waals surface area contributed by atoms with E-state index in [1.165, 1.54) is 12.1 Å². The molecule has 0 spiro atoms. The summed E-state index contributed by atoms with van der Waals surface area (Å²) in [6.07, 6.45) is 1.56. The summed E-state index contributed by atoms with van der Waals surface area (Å²) >= 11 is 0. The van der Waals surface area contributed by atoms with Gasteiger partial charge in [-0.1, -0.05) is 39.3 Å². The fourth-order valence-electron chi connectivity index (χ4n) is 2.58. The Labute approximate surface area is 120 Å². The van der Waals surface area contributed by atoms with Crippen molar-refractivity contribution in [3.8, 4) is 0 Å². The van der Waals surface area contributed by atoms with Gasteiger partial charge in [-0.15, -0.1) is 0 Å². The molecule has 1 amide bonds. The molecule has 0 radical (unpaired) electrons. The molecule has 1 aromatic rings. The predicted octanol–water partition coefficient (Wildman–Crippen LogP) is 3.08. The minimum atomic E-state index is -0.264. The van der Waals surface area contributed by atoms with Crippen molar-refractivity contribution in [1.29, 1.82) is 0 Å². The average molecular weight is 278 g/mol. The van der Waals surface area contributed by atoms with Gasteiger partial charge in [-0.25, -0.2) is 4.39 Å². The molecule has 110 valence electrons. The van der Waals surface area contributed by atoms with E-state index in [4.69, 9.17) is 0 Å². The smallest absolute Gasteiger partial charge is 0.241 e. The van der Waals surface area contributed by atoms with Crippen molar-refractivity contribution < 1.29 is 9.18 Å². The number of nitrogens with one attached hydrogen (secondary N) is 1. The quantitative estimate of drug-likeness (QED) is 0.897. The summed E-state index contributed by atoms with van der Waals surface area (Å²) < 4.78 is 13.4. The Morgan fingerprint density at radius 2 is 2.15 bits per heavy atom. The lowest BCUT2D eigenvalue weighted by molar-refractivity contribution is -0.130. The topological polar surface area (TPSA) is 32.3 Å². The van der Waals surface area contributed by atoms with Gasteiger partial charge in [0.15, 0.2) is 0 Å². The first-order chi connectivity index (χ1) is 9.56. The SMILES string of the molecule is CCC(C)CN1C(=O)C(CC)NC1c1cccc(F)c1. The van der Waals surface area contributed by atoms with Crippen LogP contribution in [0.2, 0.25) is 0 Å². The minimum Gasteiger partial charge on any atom is -0.321 e. The Hall–Kier alpha value is -1.42. The van der Waals surface area contributed by atoms with E-state index in [0.717, 1.165) is 18.4 Å². The van der Waals surface area contributed by atoms with E-state index in [1.807, 2.05) is 17.9 Å².